The lowest BCUT2D eigenvalue weighted by molar-refractivity contribution is 0.0791. The molecular formula is C15H13ClN2OS2. The Balaban J connectivity index is 1.82. The van der Waals surface area contributed by atoms with E-state index >= 15 is 0 Å². The van der Waals surface area contributed by atoms with Crippen LogP contribution in [0, 0.1) is 0 Å². The van der Waals surface area contributed by atoms with E-state index in [-0.39, 0.29) is 5.91 Å². The molecule has 0 aliphatic carbocycles. The van der Waals surface area contributed by atoms with Crippen LogP contribution in [0.3, 0.4) is 0 Å². The highest BCUT2D eigenvalue weighted by atomic mass is 35.5. The number of nitrogens with two attached hydrogens (primary N) is 1. The molecule has 0 radical (unpaired) electrons. The second kappa shape index (κ2) is 5.67. The number of thiophene rings is 2. The van der Waals surface area contributed by atoms with Gasteiger partial charge in [-0.1, -0.05) is 11.6 Å². The van der Waals surface area contributed by atoms with Gasteiger partial charge in [-0.2, -0.15) is 0 Å². The van der Waals surface area contributed by atoms with Crippen molar-refractivity contribution in [3.63, 3.8) is 0 Å². The second-order valence-corrected chi connectivity index (χ2v) is 7.66. The van der Waals surface area contributed by atoms with Crippen LogP contribution in [0.2, 0.25) is 4.34 Å². The lowest BCUT2D eigenvalue weighted by Gasteiger charge is -2.14. The Kier molecular flexibility index (Phi) is 3.89. The Bertz CT molecular complexity index is 809. The minimum absolute atomic E-state index is 0.0132. The molecule has 21 heavy (non-hydrogen) atoms. The summed E-state index contributed by atoms with van der Waals surface area (Å²) in [7, 11) is 1.80. The third-order valence-corrected chi connectivity index (χ3v) is 5.44. The standard InChI is InChI=1S/C15H13ClN2OS2/c1-18(8-11-3-5-14(16)20-11)15(19)13-7-9-6-10(17)2-4-12(9)21-13/h2-7H,8,17H2,1H3. The molecule has 0 atom stereocenters. The van der Waals surface area contributed by atoms with Gasteiger partial charge < -0.3 is 10.6 Å². The summed E-state index contributed by atoms with van der Waals surface area (Å²) in [5.74, 6) is 0.0132. The van der Waals surface area contributed by atoms with E-state index in [9.17, 15) is 4.79 Å². The zero-order valence-electron chi connectivity index (χ0n) is 11.3. The topological polar surface area (TPSA) is 46.3 Å². The summed E-state index contributed by atoms with van der Waals surface area (Å²) >= 11 is 8.90. The number of hydrogen-bond donors (Lipinski definition) is 1. The van der Waals surface area contributed by atoms with Gasteiger partial charge in [0, 0.05) is 22.3 Å². The van der Waals surface area contributed by atoms with Crippen molar-refractivity contribution in [3.05, 3.63) is 50.5 Å². The summed E-state index contributed by atoms with van der Waals surface area (Å²) < 4.78 is 1.81. The Morgan fingerprint density at radius 1 is 1.24 bits per heavy atom. The minimum atomic E-state index is 0.0132. The zero-order chi connectivity index (χ0) is 15.0. The fourth-order valence-electron chi connectivity index (χ4n) is 2.10. The van der Waals surface area contributed by atoms with Gasteiger partial charge in [-0.05, 0) is 41.8 Å². The normalized spacial score (nSPS) is 11.0. The SMILES string of the molecule is CN(Cc1ccc(Cl)s1)C(=O)c1cc2cc(N)ccc2s1. The van der Waals surface area contributed by atoms with Crippen LogP contribution in [0.4, 0.5) is 5.69 Å². The Morgan fingerprint density at radius 3 is 2.76 bits per heavy atom. The van der Waals surface area contributed by atoms with Gasteiger partial charge >= 0.3 is 0 Å². The predicted molar refractivity (Wildman–Crippen MR) is 91.4 cm³/mol. The third-order valence-electron chi connectivity index (χ3n) is 3.12. The van der Waals surface area contributed by atoms with Gasteiger partial charge in [0.1, 0.15) is 0 Å². The smallest absolute Gasteiger partial charge is 0.264 e. The molecule has 108 valence electrons. The second-order valence-electron chi connectivity index (χ2n) is 4.77. The van der Waals surface area contributed by atoms with Crippen LogP contribution in [0.1, 0.15) is 14.5 Å². The van der Waals surface area contributed by atoms with Gasteiger partial charge in [-0.25, -0.2) is 0 Å². The highest BCUT2D eigenvalue weighted by Gasteiger charge is 2.16. The molecule has 6 heteroatoms. The predicted octanol–water partition coefficient (Wildman–Crippen LogP) is 4.47. The minimum Gasteiger partial charge on any atom is -0.399 e. The fraction of sp³-hybridized carbons (Fsp3) is 0.133. The highest BCUT2D eigenvalue weighted by molar-refractivity contribution is 7.20. The van der Waals surface area contributed by atoms with Gasteiger partial charge in [0.05, 0.1) is 15.8 Å². The number of carbonyl (C=O) groups excluding carboxylic acids is 1. The number of halogens is 1. The first kappa shape index (κ1) is 14.4. The molecule has 1 aromatic carbocycles. The summed E-state index contributed by atoms with van der Waals surface area (Å²) in [5, 5.41) is 1.01. The van der Waals surface area contributed by atoms with Crippen molar-refractivity contribution in [2.45, 2.75) is 6.54 Å². The average Bonchev–Trinajstić information content (AvgIpc) is 3.03. The van der Waals surface area contributed by atoms with Crippen molar-refractivity contribution in [1.29, 1.82) is 0 Å². The fourth-order valence-corrected chi connectivity index (χ4v) is 4.28. The number of nitrogen functional groups attached to an aromatic ring is 1. The first-order valence-electron chi connectivity index (χ1n) is 6.31. The lowest BCUT2D eigenvalue weighted by Crippen LogP contribution is -2.24. The van der Waals surface area contributed by atoms with Crippen molar-refractivity contribution in [3.8, 4) is 0 Å². The van der Waals surface area contributed by atoms with Crippen LogP contribution < -0.4 is 5.73 Å². The molecule has 0 aliphatic heterocycles. The molecule has 0 aliphatic rings. The molecule has 0 bridgehead atoms. The van der Waals surface area contributed by atoms with E-state index in [1.54, 1.807) is 11.9 Å². The van der Waals surface area contributed by atoms with Gasteiger partial charge in [-0.15, -0.1) is 22.7 Å². The molecule has 2 aromatic heterocycles. The molecule has 0 spiro atoms. The number of anilines is 1. The van der Waals surface area contributed by atoms with Gasteiger partial charge in [0.25, 0.3) is 5.91 Å². The number of rotatable bonds is 3. The quantitative estimate of drug-likeness (QED) is 0.717. The number of carbonyl (C=O) groups is 1. The van der Waals surface area contributed by atoms with Crippen LogP contribution in [-0.4, -0.2) is 17.9 Å². The van der Waals surface area contributed by atoms with Crippen LogP contribution in [-0.2, 0) is 6.54 Å². The molecule has 3 nitrogen and oxygen atoms in total. The first-order chi connectivity index (χ1) is 10.0. The molecular weight excluding hydrogens is 324 g/mol. The van der Waals surface area contributed by atoms with Crippen LogP contribution in [0.15, 0.2) is 36.4 Å². The Hall–Kier alpha value is -1.56. The van der Waals surface area contributed by atoms with Crippen molar-refractivity contribution in [2.75, 3.05) is 12.8 Å². The van der Waals surface area contributed by atoms with E-state index in [1.807, 2.05) is 36.4 Å². The molecule has 0 unspecified atom stereocenters. The first-order valence-corrected chi connectivity index (χ1v) is 8.33. The highest BCUT2D eigenvalue weighted by Crippen LogP contribution is 2.29. The number of hydrogen-bond acceptors (Lipinski definition) is 4. The molecule has 0 fully saturated rings. The largest absolute Gasteiger partial charge is 0.399 e. The summed E-state index contributed by atoms with van der Waals surface area (Å²) in [6, 6.07) is 11.4. The van der Waals surface area contributed by atoms with Crippen molar-refractivity contribution < 1.29 is 4.79 Å². The summed E-state index contributed by atoms with van der Waals surface area (Å²) in [5.41, 5.74) is 6.48. The molecule has 3 aromatic rings. The van der Waals surface area contributed by atoms with Gasteiger partial charge in [0.15, 0.2) is 0 Å². The molecule has 1 amide bonds. The Morgan fingerprint density at radius 2 is 2.05 bits per heavy atom. The maximum Gasteiger partial charge on any atom is 0.264 e. The maximum atomic E-state index is 12.5. The van der Waals surface area contributed by atoms with Gasteiger partial charge in [-0.3, -0.25) is 4.79 Å². The van der Waals surface area contributed by atoms with E-state index < -0.39 is 0 Å². The van der Waals surface area contributed by atoms with E-state index in [2.05, 4.69) is 0 Å². The maximum absolute atomic E-state index is 12.5. The third kappa shape index (κ3) is 3.05. The molecule has 3 rings (SSSR count). The van der Waals surface area contributed by atoms with Crippen LogP contribution in [0.25, 0.3) is 10.1 Å². The van der Waals surface area contributed by atoms with E-state index in [4.69, 9.17) is 17.3 Å². The monoisotopic (exact) mass is 336 g/mol. The summed E-state index contributed by atoms with van der Waals surface area (Å²) in [6.07, 6.45) is 0. The molecule has 2 heterocycles. The summed E-state index contributed by atoms with van der Waals surface area (Å²) in [4.78, 5) is 16.0. The Labute approximate surface area is 135 Å². The number of amides is 1. The molecule has 0 saturated carbocycles. The number of fused-ring (bicyclic) bond motifs is 1. The average molecular weight is 337 g/mol. The number of nitrogens with zero attached hydrogens (tertiary/aromatic N) is 1. The number of benzene rings is 1. The lowest BCUT2D eigenvalue weighted by atomic mass is 10.2. The summed E-state index contributed by atoms with van der Waals surface area (Å²) in [6.45, 7) is 0.562. The van der Waals surface area contributed by atoms with E-state index in [0.29, 0.717) is 12.2 Å². The zero-order valence-corrected chi connectivity index (χ0v) is 13.7. The molecule has 0 saturated heterocycles. The van der Waals surface area contributed by atoms with Crippen molar-refractivity contribution in [1.82, 2.24) is 4.90 Å². The van der Waals surface area contributed by atoms with Crippen LogP contribution in [0.5, 0.6) is 0 Å². The van der Waals surface area contributed by atoms with Crippen molar-refractivity contribution >= 4 is 56.0 Å². The molecule has 2 N–H and O–H groups in total. The van der Waals surface area contributed by atoms with E-state index in [0.717, 1.165) is 24.2 Å². The van der Waals surface area contributed by atoms with Crippen molar-refractivity contribution in [2.24, 2.45) is 0 Å². The van der Waals surface area contributed by atoms with Gasteiger partial charge in [0.2, 0.25) is 0 Å². The van der Waals surface area contributed by atoms with E-state index in [1.165, 1.54) is 22.7 Å². The van der Waals surface area contributed by atoms with Crippen LogP contribution >= 0.6 is 34.3 Å².